The number of rotatable bonds is 4. The number of carbonyl (C=O) groups excluding carboxylic acids is 2. The Morgan fingerprint density at radius 3 is 2.69 bits per heavy atom. The van der Waals surface area contributed by atoms with Gasteiger partial charge < -0.3 is 15.0 Å². The second-order valence-electron chi connectivity index (χ2n) is 6.42. The van der Waals surface area contributed by atoms with Crippen molar-refractivity contribution in [1.29, 1.82) is 0 Å². The summed E-state index contributed by atoms with van der Waals surface area (Å²) >= 11 is 1.45. The van der Waals surface area contributed by atoms with Crippen molar-refractivity contribution in [3.8, 4) is 0 Å². The van der Waals surface area contributed by atoms with Crippen LogP contribution in [0.5, 0.6) is 0 Å². The molecule has 136 valence electrons. The van der Waals surface area contributed by atoms with E-state index in [2.05, 4.69) is 10.2 Å². The lowest BCUT2D eigenvalue weighted by Gasteiger charge is -2.22. The number of aryl methyl sites for hydroxylation is 1. The molecule has 2 heterocycles. The number of likely N-dealkylation sites (N-methyl/N-ethyl adjacent to an activating group) is 1. The van der Waals surface area contributed by atoms with E-state index < -0.39 is 5.97 Å². The monoisotopic (exact) mass is 370 g/mol. The van der Waals surface area contributed by atoms with Crippen LogP contribution in [0.15, 0.2) is 30.3 Å². The van der Waals surface area contributed by atoms with Crippen LogP contribution in [0.1, 0.15) is 31.9 Å². The zero-order valence-electron chi connectivity index (χ0n) is 15.2. The second kappa shape index (κ2) is 7.85. The van der Waals surface area contributed by atoms with E-state index in [9.17, 15) is 9.59 Å². The molecule has 6 heteroatoms. The standard InChI is InChI=1S/C20H22N2O3S/c1-13-4-6-14(7-5-13)8-9-17(23)21-19-18(20(24)25-3)15-10-11-22(2)12-16(15)26-19/h4-9H,10-12H2,1-3H3,(H,21,23)/b9-8+. The first-order valence-corrected chi connectivity index (χ1v) is 9.26. The zero-order chi connectivity index (χ0) is 18.7. The lowest BCUT2D eigenvalue weighted by molar-refractivity contribution is -0.111. The van der Waals surface area contributed by atoms with Crippen molar-refractivity contribution in [1.82, 2.24) is 4.90 Å². The molecule has 1 N–H and O–H groups in total. The first-order valence-electron chi connectivity index (χ1n) is 8.45. The Kier molecular flexibility index (Phi) is 5.54. The molecule has 0 atom stereocenters. The molecule has 0 radical (unpaired) electrons. The number of benzene rings is 1. The van der Waals surface area contributed by atoms with Gasteiger partial charge in [-0.1, -0.05) is 29.8 Å². The van der Waals surface area contributed by atoms with Crippen molar-refractivity contribution in [3.63, 3.8) is 0 Å². The maximum atomic E-state index is 12.3. The fourth-order valence-corrected chi connectivity index (χ4v) is 4.26. The van der Waals surface area contributed by atoms with Crippen molar-refractivity contribution in [2.24, 2.45) is 0 Å². The molecule has 1 aromatic heterocycles. The Bertz CT molecular complexity index is 853. The summed E-state index contributed by atoms with van der Waals surface area (Å²) < 4.78 is 4.94. The van der Waals surface area contributed by atoms with Crippen LogP contribution >= 0.6 is 11.3 Å². The van der Waals surface area contributed by atoms with Gasteiger partial charge in [0.05, 0.1) is 12.7 Å². The first-order chi connectivity index (χ1) is 12.5. The maximum Gasteiger partial charge on any atom is 0.341 e. The summed E-state index contributed by atoms with van der Waals surface area (Å²) in [6.07, 6.45) is 4.02. The highest BCUT2D eigenvalue weighted by atomic mass is 32.1. The number of hydrogen-bond donors (Lipinski definition) is 1. The highest BCUT2D eigenvalue weighted by molar-refractivity contribution is 7.17. The third-order valence-corrected chi connectivity index (χ3v) is 5.51. The number of ether oxygens (including phenoxy) is 1. The number of carbonyl (C=O) groups is 2. The summed E-state index contributed by atoms with van der Waals surface area (Å²) in [4.78, 5) is 27.9. The number of nitrogens with one attached hydrogen (secondary N) is 1. The smallest absolute Gasteiger partial charge is 0.341 e. The molecule has 3 rings (SSSR count). The highest BCUT2D eigenvalue weighted by Crippen LogP contribution is 2.37. The van der Waals surface area contributed by atoms with Gasteiger partial charge in [0.1, 0.15) is 5.00 Å². The molecular formula is C20H22N2O3S. The SMILES string of the molecule is COC(=O)c1c(NC(=O)/C=C/c2ccc(C)cc2)sc2c1CCN(C)C2. The van der Waals surface area contributed by atoms with Crippen LogP contribution in [0, 0.1) is 6.92 Å². The van der Waals surface area contributed by atoms with Crippen LogP contribution in [-0.4, -0.2) is 37.5 Å². The molecule has 2 aromatic rings. The van der Waals surface area contributed by atoms with Gasteiger partial charge in [-0.25, -0.2) is 4.79 Å². The molecule has 0 unspecified atom stereocenters. The Labute approximate surface area is 157 Å². The van der Waals surface area contributed by atoms with Crippen molar-refractivity contribution in [2.45, 2.75) is 19.9 Å². The fourth-order valence-electron chi connectivity index (χ4n) is 2.94. The van der Waals surface area contributed by atoms with Crippen molar-refractivity contribution >= 4 is 34.3 Å². The number of thiophene rings is 1. The molecule has 0 fully saturated rings. The summed E-state index contributed by atoms with van der Waals surface area (Å²) in [5.74, 6) is -0.660. The third kappa shape index (κ3) is 4.03. The van der Waals surface area contributed by atoms with E-state index in [1.807, 2.05) is 38.2 Å². The van der Waals surface area contributed by atoms with E-state index in [-0.39, 0.29) is 5.91 Å². The normalized spacial score (nSPS) is 14.3. The zero-order valence-corrected chi connectivity index (χ0v) is 16.0. The van der Waals surface area contributed by atoms with Gasteiger partial charge in [-0.2, -0.15) is 0 Å². The molecule has 1 aromatic carbocycles. The summed E-state index contributed by atoms with van der Waals surface area (Å²) in [7, 11) is 3.41. The minimum atomic E-state index is -0.398. The minimum absolute atomic E-state index is 0.261. The molecule has 1 amide bonds. The second-order valence-corrected chi connectivity index (χ2v) is 7.53. The average molecular weight is 370 g/mol. The molecule has 1 aliphatic heterocycles. The van der Waals surface area contributed by atoms with Crippen LogP contribution in [0.2, 0.25) is 0 Å². The Morgan fingerprint density at radius 1 is 1.27 bits per heavy atom. The lowest BCUT2D eigenvalue weighted by Crippen LogP contribution is -2.26. The van der Waals surface area contributed by atoms with Crippen LogP contribution in [-0.2, 0) is 22.5 Å². The van der Waals surface area contributed by atoms with Crippen LogP contribution < -0.4 is 5.32 Å². The summed E-state index contributed by atoms with van der Waals surface area (Å²) in [6, 6.07) is 7.91. The van der Waals surface area contributed by atoms with Crippen LogP contribution in [0.3, 0.4) is 0 Å². The summed E-state index contributed by atoms with van der Waals surface area (Å²) in [6.45, 7) is 3.68. The van der Waals surface area contributed by atoms with E-state index >= 15 is 0 Å². The quantitative estimate of drug-likeness (QED) is 0.661. The molecular weight excluding hydrogens is 348 g/mol. The molecule has 0 saturated heterocycles. The molecule has 1 aliphatic rings. The first kappa shape index (κ1) is 18.4. The maximum absolute atomic E-state index is 12.3. The van der Waals surface area contributed by atoms with Gasteiger partial charge in [-0.05, 0) is 37.6 Å². The van der Waals surface area contributed by atoms with Gasteiger partial charge in [0.2, 0.25) is 5.91 Å². The van der Waals surface area contributed by atoms with Gasteiger partial charge in [0, 0.05) is 24.0 Å². The number of esters is 1. The van der Waals surface area contributed by atoms with Crippen molar-refractivity contribution in [2.75, 3.05) is 26.0 Å². The molecule has 0 saturated carbocycles. The topological polar surface area (TPSA) is 58.6 Å². The lowest BCUT2D eigenvalue weighted by atomic mass is 10.0. The van der Waals surface area contributed by atoms with Gasteiger partial charge in [0.15, 0.2) is 0 Å². The van der Waals surface area contributed by atoms with Crippen LogP contribution in [0.4, 0.5) is 5.00 Å². The molecule has 0 aliphatic carbocycles. The Hall–Kier alpha value is -2.44. The average Bonchev–Trinajstić information content (AvgIpc) is 2.97. The molecule has 0 spiro atoms. The highest BCUT2D eigenvalue weighted by Gasteiger charge is 2.28. The predicted octanol–water partition coefficient (Wildman–Crippen LogP) is 3.48. The Morgan fingerprint density at radius 2 is 2.00 bits per heavy atom. The third-order valence-electron chi connectivity index (χ3n) is 4.38. The van der Waals surface area contributed by atoms with Crippen LogP contribution in [0.25, 0.3) is 6.08 Å². The van der Waals surface area contributed by atoms with Gasteiger partial charge in [-0.3, -0.25) is 4.79 Å². The van der Waals surface area contributed by atoms with E-state index in [0.29, 0.717) is 10.6 Å². The number of nitrogens with zero attached hydrogens (tertiary/aromatic N) is 1. The number of anilines is 1. The number of fused-ring (bicyclic) bond motifs is 1. The van der Waals surface area contributed by atoms with E-state index in [1.54, 1.807) is 6.08 Å². The van der Waals surface area contributed by atoms with Gasteiger partial charge in [0.25, 0.3) is 0 Å². The van der Waals surface area contributed by atoms with E-state index in [1.165, 1.54) is 30.1 Å². The van der Waals surface area contributed by atoms with E-state index in [0.717, 1.165) is 35.5 Å². The van der Waals surface area contributed by atoms with E-state index in [4.69, 9.17) is 4.74 Å². The minimum Gasteiger partial charge on any atom is -0.465 e. The summed E-state index contributed by atoms with van der Waals surface area (Å²) in [5.41, 5.74) is 3.62. The largest absolute Gasteiger partial charge is 0.465 e. The predicted molar refractivity (Wildman–Crippen MR) is 105 cm³/mol. The Balaban J connectivity index is 1.81. The number of methoxy groups -OCH3 is 1. The number of hydrogen-bond acceptors (Lipinski definition) is 5. The summed E-state index contributed by atoms with van der Waals surface area (Å²) in [5, 5.41) is 3.42. The van der Waals surface area contributed by atoms with Gasteiger partial charge in [-0.15, -0.1) is 11.3 Å². The fraction of sp³-hybridized carbons (Fsp3) is 0.300. The van der Waals surface area contributed by atoms with Gasteiger partial charge >= 0.3 is 5.97 Å². The molecule has 26 heavy (non-hydrogen) atoms. The molecule has 5 nitrogen and oxygen atoms in total. The molecule has 0 bridgehead atoms. The van der Waals surface area contributed by atoms with Crippen molar-refractivity contribution in [3.05, 3.63) is 57.5 Å². The van der Waals surface area contributed by atoms with Crippen molar-refractivity contribution < 1.29 is 14.3 Å². The number of amides is 1.